The van der Waals surface area contributed by atoms with Crippen LogP contribution in [0.3, 0.4) is 0 Å². The Kier molecular flexibility index (Phi) is 5.36. The quantitative estimate of drug-likeness (QED) is 0.680. The number of carbonyl (C=O) groups is 1. The van der Waals surface area contributed by atoms with E-state index >= 15 is 0 Å². The summed E-state index contributed by atoms with van der Waals surface area (Å²) in [5.74, 6) is 1.94. The van der Waals surface area contributed by atoms with E-state index in [4.69, 9.17) is 4.74 Å². The predicted octanol–water partition coefficient (Wildman–Crippen LogP) is 2.58. The molecular formula is C20H24N6O2. The van der Waals surface area contributed by atoms with Gasteiger partial charge in [-0.15, -0.1) is 10.2 Å². The van der Waals surface area contributed by atoms with Crippen molar-refractivity contribution in [3.05, 3.63) is 66.3 Å². The molecule has 3 heterocycles. The first-order valence-corrected chi connectivity index (χ1v) is 9.50. The van der Waals surface area contributed by atoms with Gasteiger partial charge >= 0.3 is 6.09 Å². The molecule has 146 valence electrons. The van der Waals surface area contributed by atoms with Crippen molar-refractivity contribution in [1.29, 1.82) is 0 Å². The Bertz CT molecular complexity index is 906. The van der Waals surface area contributed by atoms with Crippen LogP contribution in [-0.2, 0) is 24.9 Å². The third kappa shape index (κ3) is 4.05. The summed E-state index contributed by atoms with van der Waals surface area (Å²) in [5, 5.41) is 8.75. The first kappa shape index (κ1) is 18.2. The van der Waals surface area contributed by atoms with E-state index in [1.807, 2.05) is 52.7 Å². The molecule has 2 aromatic heterocycles. The lowest BCUT2D eigenvalue weighted by Crippen LogP contribution is -2.40. The number of imidazole rings is 1. The molecule has 1 unspecified atom stereocenters. The van der Waals surface area contributed by atoms with Crippen molar-refractivity contribution in [2.45, 2.75) is 31.9 Å². The lowest BCUT2D eigenvalue weighted by Gasteiger charge is -2.31. The Morgan fingerprint density at radius 3 is 2.89 bits per heavy atom. The van der Waals surface area contributed by atoms with Gasteiger partial charge in [-0.2, -0.15) is 0 Å². The third-order valence-electron chi connectivity index (χ3n) is 5.13. The van der Waals surface area contributed by atoms with E-state index in [1.54, 1.807) is 17.4 Å². The van der Waals surface area contributed by atoms with Crippen LogP contribution in [0.5, 0.6) is 0 Å². The number of nitrogens with zero attached hydrogens (tertiary/aromatic N) is 6. The highest BCUT2D eigenvalue weighted by atomic mass is 16.6. The second-order valence-electron chi connectivity index (χ2n) is 7.09. The molecule has 0 aliphatic carbocycles. The van der Waals surface area contributed by atoms with Crippen LogP contribution in [-0.4, -0.2) is 48.4 Å². The topological polar surface area (TPSA) is 78.1 Å². The minimum absolute atomic E-state index is 0.159. The van der Waals surface area contributed by atoms with Gasteiger partial charge < -0.3 is 18.8 Å². The number of benzene rings is 1. The van der Waals surface area contributed by atoms with Gasteiger partial charge in [-0.1, -0.05) is 30.3 Å². The number of piperidine rings is 1. The van der Waals surface area contributed by atoms with Crippen molar-refractivity contribution in [2.24, 2.45) is 7.05 Å². The summed E-state index contributed by atoms with van der Waals surface area (Å²) in [6.45, 7) is 2.23. The van der Waals surface area contributed by atoms with Gasteiger partial charge in [0.1, 0.15) is 12.4 Å². The molecule has 1 aliphatic rings. The molecule has 1 fully saturated rings. The van der Waals surface area contributed by atoms with E-state index in [0.717, 1.165) is 30.1 Å². The molecule has 8 heteroatoms. The summed E-state index contributed by atoms with van der Waals surface area (Å²) < 4.78 is 9.48. The molecule has 0 spiro atoms. The smallest absolute Gasteiger partial charge is 0.410 e. The van der Waals surface area contributed by atoms with Crippen LogP contribution in [0.2, 0.25) is 0 Å². The van der Waals surface area contributed by atoms with Gasteiger partial charge in [-0.25, -0.2) is 9.78 Å². The average Bonchev–Trinajstić information content (AvgIpc) is 3.38. The first-order valence-electron chi connectivity index (χ1n) is 9.50. The Balaban J connectivity index is 1.38. The highest BCUT2D eigenvalue weighted by Crippen LogP contribution is 2.26. The molecule has 28 heavy (non-hydrogen) atoms. The summed E-state index contributed by atoms with van der Waals surface area (Å²) in [6.07, 6.45) is 7.05. The molecular weight excluding hydrogens is 356 g/mol. The van der Waals surface area contributed by atoms with Gasteiger partial charge in [-0.05, 0) is 18.4 Å². The van der Waals surface area contributed by atoms with Crippen LogP contribution < -0.4 is 0 Å². The van der Waals surface area contributed by atoms with Crippen LogP contribution in [0.4, 0.5) is 4.79 Å². The second-order valence-corrected chi connectivity index (χ2v) is 7.09. The maximum atomic E-state index is 12.5. The Labute approximate surface area is 163 Å². The van der Waals surface area contributed by atoms with Gasteiger partial charge in [0.2, 0.25) is 0 Å². The van der Waals surface area contributed by atoms with E-state index in [2.05, 4.69) is 15.2 Å². The van der Waals surface area contributed by atoms with Gasteiger partial charge in [0.05, 0.1) is 12.9 Å². The normalized spacial score (nSPS) is 16.9. The molecule has 1 aromatic carbocycles. The second kappa shape index (κ2) is 8.24. The zero-order chi connectivity index (χ0) is 19.3. The van der Waals surface area contributed by atoms with Gasteiger partial charge in [0, 0.05) is 38.4 Å². The lowest BCUT2D eigenvalue weighted by molar-refractivity contribution is 0.0851. The van der Waals surface area contributed by atoms with Crippen molar-refractivity contribution >= 4 is 6.09 Å². The predicted molar refractivity (Wildman–Crippen MR) is 103 cm³/mol. The number of rotatable bonds is 5. The Morgan fingerprint density at radius 2 is 2.11 bits per heavy atom. The van der Waals surface area contributed by atoms with Crippen molar-refractivity contribution in [1.82, 2.24) is 29.2 Å². The highest BCUT2D eigenvalue weighted by Gasteiger charge is 2.29. The monoisotopic (exact) mass is 380 g/mol. The minimum atomic E-state index is -0.269. The first-order chi connectivity index (χ1) is 13.7. The van der Waals surface area contributed by atoms with E-state index in [1.165, 1.54) is 0 Å². The average molecular weight is 380 g/mol. The molecule has 8 nitrogen and oxygen atoms in total. The third-order valence-corrected chi connectivity index (χ3v) is 5.13. The van der Waals surface area contributed by atoms with Gasteiger partial charge in [0.15, 0.2) is 5.82 Å². The van der Waals surface area contributed by atoms with Crippen LogP contribution in [0.25, 0.3) is 0 Å². The van der Waals surface area contributed by atoms with E-state index in [-0.39, 0.29) is 12.0 Å². The summed E-state index contributed by atoms with van der Waals surface area (Å²) in [4.78, 5) is 18.3. The number of carbonyl (C=O) groups excluding carboxylic acids is 1. The molecule has 1 aliphatic heterocycles. The van der Waals surface area contributed by atoms with Gasteiger partial charge in [0.25, 0.3) is 0 Å². The molecule has 0 radical (unpaired) electrons. The molecule has 3 aromatic rings. The largest absolute Gasteiger partial charge is 0.445 e. The maximum absolute atomic E-state index is 12.5. The van der Waals surface area contributed by atoms with Crippen molar-refractivity contribution < 1.29 is 9.53 Å². The van der Waals surface area contributed by atoms with Crippen molar-refractivity contribution in [3.63, 3.8) is 0 Å². The van der Waals surface area contributed by atoms with Gasteiger partial charge in [-0.3, -0.25) is 0 Å². The molecule has 1 amide bonds. The van der Waals surface area contributed by atoms with Crippen LogP contribution >= 0.6 is 0 Å². The number of likely N-dealkylation sites (tertiary alicyclic amines) is 1. The van der Waals surface area contributed by atoms with Crippen LogP contribution in [0.15, 0.2) is 49.1 Å². The van der Waals surface area contributed by atoms with E-state index < -0.39 is 0 Å². The molecule has 0 N–H and O–H groups in total. The molecule has 0 saturated carbocycles. The fraction of sp³-hybridized carbons (Fsp3) is 0.400. The van der Waals surface area contributed by atoms with E-state index in [0.29, 0.717) is 26.2 Å². The van der Waals surface area contributed by atoms with E-state index in [9.17, 15) is 4.79 Å². The Hall–Kier alpha value is -3.16. The SMILES string of the molecule is Cn1c(Cn2ccnc2)nnc1C1CCCN(C(=O)OCc2ccccc2)C1. The summed E-state index contributed by atoms with van der Waals surface area (Å²) in [6, 6.07) is 9.73. The van der Waals surface area contributed by atoms with Crippen molar-refractivity contribution in [3.8, 4) is 0 Å². The lowest BCUT2D eigenvalue weighted by atomic mass is 9.97. The highest BCUT2D eigenvalue weighted by molar-refractivity contribution is 5.67. The zero-order valence-corrected chi connectivity index (χ0v) is 15.9. The zero-order valence-electron chi connectivity index (χ0n) is 15.9. The number of hydrogen-bond acceptors (Lipinski definition) is 5. The van der Waals surface area contributed by atoms with Crippen LogP contribution in [0.1, 0.15) is 36.0 Å². The van der Waals surface area contributed by atoms with Crippen molar-refractivity contribution in [2.75, 3.05) is 13.1 Å². The standard InChI is InChI=1S/C20H24N6O2/c1-24-18(13-25-11-9-21-15-25)22-23-19(24)17-8-5-10-26(12-17)20(27)28-14-16-6-3-2-4-7-16/h2-4,6-7,9,11,15,17H,5,8,10,12-14H2,1H3. The summed E-state index contributed by atoms with van der Waals surface area (Å²) in [5.41, 5.74) is 0.988. The number of aromatic nitrogens is 5. The fourth-order valence-corrected chi connectivity index (χ4v) is 3.58. The minimum Gasteiger partial charge on any atom is -0.445 e. The number of amides is 1. The fourth-order valence-electron chi connectivity index (χ4n) is 3.58. The maximum Gasteiger partial charge on any atom is 0.410 e. The molecule has 1 saturated heterocycles. The van der Waals surface area contributed by atoms with Crippen LogP contribution in [0, 0.1) is 0 Å². The summed E-state index contributed by atoms with van der Waals surface area (Å²) in [7, 11) is 1.98. The summed E-state index contributed by atoms with van der Waals surface area (Å²) >= 11 is 0. The number of ether oxygens (including phenoxy) is 1. The number of hydrogen-bond donors (Lipinski definition) is 0. The molecule has 4 rings (SSSR count). The Morgan fingerprint density at radius 1 is 1.25 bits per heavy atom. The molecule has 0 bridgehead atoms. The molecule has 1 atom stereocenters.